The summed E-state index contributed by atoms with van der Waals surface area (Å²) in [7, 11) is 0. The van der Waals surface area contributed by atoms with Gasteiger partial charge < -0.3 is 20.0 Å². The minimum Gasteiger partial charge on any atom is -0.446 e. The van der Waals surface area contributed by atoms with Gasteiger partial charge in [-0.1, -0.05) is 6.42 Å². The zero-order valence-corrected chi connectivity index (χ0v) is 13.3. The van der Waals surface area contributed by atoms with Gasteiger partial charge in [0.25, 0.3) is 5.91 Å². The molecule has 2 aliphatic rings. The highest BCUT2D eigenvalue weighted by Crippen LogP contribution is 2.22. The van der Waals surface area contributed by atoms with Crippen LogP contribution in [0, 0.1) is 0 Å². The zero-order chi connectivity index (χ0) is 15.5. The van der Waals surface area contributed by atoms with Crippen molar-refractivity contribution in [3.05, 3.63) is 17.8 Å². The molecule has 0 radical (unpaired) electrons. The van der Waals surface area contributed by atoms with Crippen LogP contribution in [0.4, 0.5) is 0 Å². The normalized spacial score (nSPS) is 22.7. The van der Waals surface area contributed by atoms with Crippen LogP contribution < -0.4 is 5.73 Å². The highest BCUT2D eigenvalue weighted by molar-refractivity contribution is 5.92. The maximum absolute atomic E-state index is 12.5. The number of nitrogens with zero attached hydrogens (tertiary/aromatic N) is 3. The van der Waals surface area contributed by atoms with Gasteiger partial charge >= 0.3 is 0 Å². The molecule has 0 spiro atoms. The lowest BCUT2D eigenvalue weighted by atomic mass is 10.00. The first kappa shape index (κ1) is 15.5. The van der Waals surface area contributed by atoms with E-state index in [1.165, 1.54) is 38.6 Å². The molecule has 122 valence electrons. The van der Waals surface area contributed by atoms with Gasteiger partial charge in [0.1, 0.15) is 6.26 Å². The van der Waals surface area contributed by atoms with Gasteiger partial charge in [-0.3, -0.25) is 4.79 Å². The summed E-state index contributed by atoms with van der Waals surface area (Å²) in [5, 5.41) is 0. The molecule has 3 rings (SSSR count). The topological polar surface area (TPSA) is 75.6 Å². The van der Waals surface area contributed by atoms with E-state index < -0.39 is 0 Å². The Kier molecular flexibility index (Phi) is 4.78. The molecule has 2 fully saturated rings. The summed E-state index contributed by atoms with van der Waals surface area (Å²) >= 11 is 0. The maximum atomic E-state index is 12.5. The molecule has 1 amide bonds. The van der Waals surface area contributed by atoms with Gasteiger partial charge in [-0.2, -0.15) is 0 Å². The molecule has 0 aromatic carbocycles. The number of likely N-dealkylation sites (tertiary alicyclic amines) is 2. The SMILES string of the molecule is CC(N)c1nc(C(=O)N2CCC(N3CCCCC3)CC2)co1. The van der Waals surface area contributed by atoms with Crippen molar-refractivity contribution in [2.24, 2.45) is 5.73 Å². The standard InChI is InChI=1S/C16H26N4O2/c1-12(17)15-18-14(11-22-15)16(21)20-9-5-13(6-10-20)19-7-3-2-4-8-19/h11-13H,2-10,17H2,1H3. The van der Waals surface area contributed by atoms with E-state index in [1.54, 1.807) is 6.92 Å². The Labute approximate surface area is 131 Å². The molecule has 6 nitrogen and oxygen atoms in total. The molecule has 1 aromatic rings. The van der Waals surface area contributed by atoms with Crippen molar-refractivity contribution in [3.8, 4) is 0 Å². The van der Waals surface area contributed by atoms with Crippen molar-refractivity contribution in [3.63, 3.8) is 0 Å². The first-order valence-corrected chi connectivity index (χ1v) is 8.39. The number of oxazole rings is 1. The number of rotatable bonds is 3. The lowest BCUT2D eigenvalue weighted by Crippen LogP contribution is -2.48. The van der Waals surface area contributed by atoms with E-state index in [4.69, 9.17) is 10.2 Å². The minimum atomic E-state index is -0.286. The third-order valence-electron chi connectivity index (χ3n) is 4.79. The largest absolute Gasteiger partial charge is 0.446 e. The predicted octanol–water partition coefficient (Wildman–Crippen LogP) is 1.78. The van der Waals surface area contributed by atoms with E-state index in [0.29, 0.717) is 17.6 Å². The van der Waals surface area contributed by atoms with Crippen LogP contribution in [0.25, 0.3) is 0 Å². The van der Waals surface area contributed by atoms with Crippen LogP contribution in [0.5, 0.6) is 0 Å². The van der Waals surface area contributed by atoms with Crippen LogP contribution in [-0.4, -0.2) is 52.9 Å². The number of amides is 1. The van der Waals surface area contributed by atoms with Gasteiger partial charge in [0.05, 0.1) is 6.04 Å². The van der Waals surface area contributed by atoms with E-state index in [-0.39, 0.29) is 11.9 Å². The van der Waals surface area contributed by atoms with E-state index in [0.717, 1.165) is 25.9 Å². The lowest BCUT2D eigenvalue weighted by molar-refractivity contribution is 0.0584. The highest BCUT2D eigenvalue weighted by atomic mass is 16.3. The van der Waals surface area contributed by atoms with Crippen LogP contribution >= 0.6 is 0 Å². The first-order chi connectivity index (χ1) is 10.6. The zero-order valence-electron chi connectivity index (χ0n) is 13.3. The fraction of sp³-hybridized carbons (Fsp3) is 0.750. The second kappa shape index (κ2) is 6.79. The summed E-state index contributed by atoms with van der Waals surface area (Å²) in [4.78, 5) is 21.2. The predicted molar refractivity (Wildman–Crippen MR) is 83.5 cm³/mol. The molecule has 6 heteroatoms. The summed E-state index contributed by atoms with van der Waals surface area (Å²) in [5.41, 5.74) is 6.10. The molecular weight excluding hydrogens is 280 g/mol. The molecule has 2 N–H and O–H groups in total. The summed E-state index contributed by atoms with van der Waals surface area (Å²) in [6, 6.07) is 0.354. The molecule has 3 heterocycles. The summed E-state index contributed by atoms with van der Waals surface area (Å²) in [5.74, 6) is 0.388. The van der Waals surface area contributed by atoms with E-state index in [9.17, 15) is 4.79 Å². The van der Waals surface area contributed by atoms with Gasteiger partial charge in [0, 0.05) is 19.1 Å². The molecule has 2 saturated heterocycles. The third kappa shape index (κ3) is 3.33. The average Bonchev–Trinajstić information content (AvgIpc) is 3.05. The Balaban J connectivity index is 1.54. The Morgan fingerprint density at radius 3 is 2.55 bits per heavy atom. The Bertz CT molecular complexity index is 500. The van der Waals surface area contributed by atoms with Gasteiger partial charge in [0.2, 0.25) is 5.89 Å². The summed E-state index contributed by atoms with van der Waals surface area (Å²) in [6.45, 7) is 5.85. The fourth-order valence-electron chi connectivity index (χ4n) is 3.47. The number of aromatic nitrogens is 1. The monoisotopic (exact) mass is 306 g/mol. The molecule has 2 aliphatic heterocycles. The van der Waals surface area contributed by atoms with Crippen molar-refractivity contribution in [1.82, 2.24) is 14.8 Å². The Hall–Kier alpha value is -1.40. The van der Waals surface area contributed by atoms with Gasteiger partial charge in [-0.05, 0) is 45.7 Å². The Morgan fingerprint density at radius 1 is 1.27 bits per heavy atom. The number of hydrogen-bond acceptors (Lipinski definition) is 5. The second-order valence-electron chi connectivity index (χ2n) is 6.48. The second-order valence-corrected chi connectivity index (χ2v) is 6.48. The molecule has 0 saturated carbocycles. The van der Waals surface area contributed by atoms with E-state index >= 15 is 0 Å². The van der Waals surface area contributed by atoms with Gasteiger partial charge in [-0.15, -0.1) is 0 Å². The lowest BCUT2D eigenvalue weighted by Gasteiger charge is -2.40. The van der Waals surface area contributed by atoms with Crippen molar-refractivity contribution in [1.29, 1.82) is 0 Å². The highest BCUT2D eigenvalue weighted by Gasteiger charge is 2.29. The van der Waals surface area contributed by atoms with Gasteiger partial charge in [-0.25, -0.2) is 4.98 Å². The van der Waals surface area contributed by atoms with Crippen molar-refractivity contribution in [2.45, 2.75) is 51.1 Å². The minimum absolute atomic E-state index is 0.0345. The van der Waals surface area contributed by atoms with Crippen molar-refractivity contribution >= 4 is 5.91 Å². The van der Waals surface area contributed by atoms with Crippen LogP contribution in [0.2, 0.25) is 0 Å². The molecule has 1 atom stereocenters. The van der Waals surface area contributed by atoms with Crippen molar-refractivity contribution in [2.75, 3.05) is 26.2 Å². The maximum Gasteiger partial charge on any atom is 0.275 e. The van der Waals surface area contributed by atoms with E-state index in [1.807, 2.05) is 4.90 Å². The molecule has 1 aromatic heterocycles. The van der Waals surface area contributed by atoms with Gasteiger partial charge in [0.15, 0.2) is 5.69 Å². The number of carbonyl (C=O) groups excluding carboxylic acids is 1. The van der Waals surface area contributed by atoms with Crippen LogP contribution in [0.15, 0.2) is 10.7 Å². The molecule has 0 bridgehead atoms. The summed E-state index contributed by atoms with van der Waals surface area (Å²) < 4.78 is 5.26. The number of nitrogens with two attached hydrogens (primary N) is 1. The molecule has 22 heavy (non-hydrogen) atoms. The number of hydrogen-bond donors (Lipinski definition) is 1. The van der Waals surface area contributed by atoms with Crippen LogP contribution in [-0.2, 0) is 0 Å². The quantitative estimate of drug-likeness (QED) is 0.921. The first-order valence-electron chi connectivity index (χ1n) is 8.39. The van der Waals surface area contributed by atoms with Crippen molar-refractivity contribution < 1.29 is 9.21 Å². The number of carbonyl (C=O) groups is 1. The summed E-state index contributed by atoms with van der Waals surface area (Å²) in [6.07, 6.45) is 7.55. The molecule has 0 aliphatic carbocycles. The van der Waals surface area contributed by atoms with Crippen LogP contribution in [0.1, 0.15) is 61.4 Å². The number of piperidine rings is 2. The third-order valence-corrected chi connectivity index (χ3v) is 4.79. The Morgan fingerprint density at radius 2 is 1.95 bits per heavy atom. The van der Waals surface area contributed by atoms with Crippen LogP contribution in [0.3, 0.4) is 0 Å². The average molecular weight is 306 g/mol. The molecule has 1 unspecified atom stereocenters. The molecular formula is C16H26N4O2. The smallest absolute Gasteiger partial charge is 0.275 e. The van der Waals surface area contributed by atoms with E-state index in [2.05, 4.69) is 9.88 Å². The fourth-order valence-corrected chi connectivity index (χ4v) is 3.47.